The van der Waals surface area contributed by atoms with Crippen LogP contribution in [0.4, 0.5) is 22.7 Å². The Hall–Kier alpha value is -5.50. The fourth-order valence-electron chi connectivity index (χ4n) is 4.60. The number of hydrogen-bond acceptors (Lipinski definition) is 6. The Balaban J connectivity index is 1.52. The molecule has 2 amide bonds. The first kappa shape index (κ1) is 28.0. The van der Waals surface area contributed by atoms with Gasteiger partial charge in [-0.25, -0.2) is 0 Å². The predicted molar refractivity (Wildman–Crippen MR) is 166 cm³/mol. The number of fused-ring (bicyclic) bond motifs is 1. The number of aryl methyl sites for hydroxylation is 1. The molecule has 3 N–H and O–H groups in total. The minimum absolute atomic E-state index is 0.0785. The lowest BCUT2D eigenvalue weighted by Gasteiger charge is -2.16. The minimum atomic E-state index is -0.466. The van der Waals surface area contributed by atoms with Crippen molar-refractivity contribution in [1.82, 2.24) is 0 Å². The summed E-state index contributed by atoms with van der Waals surface area (Å²) in [6.07, 6.45) is 0.594. The summed E-state index contributed by atoms with van der Waals surface area (Å²) in [4.78, 5) is 26.1. The van der Waals surface area contributed by atoms with E-state index in [-0.39, 0.29) is 22.9 Å². The summed E-state index contributed by atoms with van der Waals surface area (Å²) >= 11 is 0. The summed E-state index contributed by atoms with van der Waals surface area (Å²) in [6.45, 7) is 4.21. The van der Waals surface area contributed by atoms with Crippen LogP contribution in [0.5, 0.6) is 11.5 Å². The zero-order valence-electron chi connectivity index (χ0n) is 23.3. The number of azo groups is 1. The van der Waals surface area contributed by atoms with Gasteiger partial charge in [0.15, 0.2) is 5.75 Å². The molecule has 0 heterocycles. The number of nitrogens with zero attached hydrogens (tertiary/aromatic N) is 2. The highest BCUT2D eigenvalue weighted by molar-refractivity contribution is 6.11. The summed E-state index contributed by atoms with van der Waals surface area (Å²) < 4.78 is 5.89. The zero-order valence-corrected chi connectivity index (χ0v) is 23.3. The molecular formula is C34H30N4O4. The second-order valence-electron chi connectivity index (χ2n) is 9.45. The number of benzene rings is 5. The molecule has 0 aromatic heterocycles. The number of phenols is 1. The predicted octanol–water partition coefficient (Wildman–Crippen LogP) is 8.43. The standard InChI is InChI=1S/C34H30N4O4/c1-3-22-19-26(21-29(42-4-2)30(22)36-33(40)23-13-7-5-8-14-23)37-38-31-27-18-12-11-15-24(27)20-28(32(31)39)34(41)35-25-16-9-6-10-17-25/h5-21,39H,3-4H2,1-2H3,(H,35,41)(H,36,40). The largest absolute Gasteiger partial charge is 0.505 e. The van der Waals surface area contributed by atoms with Crippen molar-refractivity contribution in [2.75, 3.05) is 17.2 Å². The summed E-state index contributed by atoms with van der Waals surface area (Å²) in [5.74, 6) is -0.535. The third kappa shape index (κ3) is 6.13. The maximum Gasteiger partial charge on any atom is 0.259 e. The molecule has 8 nitrogen and oxygen atoms in total. The molecule has 0 aliphatic rings. The topological polar surface area (TPSA) is 112 Å². The number of anilines is 2. The van der Waals surface area contributed by atoms with E-state index in [1.54, 1.807) is 36.4 Å². The molecule has 0 bridgehead atoms. The maximum absolute atomic E-state index is 13.1. The van der Waals surface area contributed by atoms with E-state index in [1.165, 1.54) is 0 Å². The molecule has 42 heavy (non-hydrogen) atoms. The lowest BCUT2D eigenvalue weighted by atomic mass is 10.0. The SMILES string of the molecule is CCOc1cc(N=Nc2c(O)c(C(=O)Nc3ccccc3)cc3ccccc23)cc(CC)c1NC(=O)c1ccccc1. The van der Waals surface area contributed by atoms with Crippen LogP contribution in [-0.2, 0) is 6.42 Å². The summed E-state index contributed by atoms with van der Waals surface area (Å²) in [6, 6.07) is 30.5. The van der Waals surface area contributed by atoms with E-state index in [9.17, 15) is 14.7 Å². The molecule has 5 aromatic carbocycles. The lowest BCUT2D eigenvalue weighted by molar-refractivity contribution is 0.101. The Morgan fingerprint density at radius 1 is 0.786 bits per heavy atom. The van der Waals surface area contributed by atoms with Gasteiger partial charge in [0, 0.05) is 22.7 Å². The van der Waals surface area contributed by atoms with Gasteiger partial charge in [-0.15, -0.1) is 5.11 Å². The van der Waals surface area contributed by atoms with Crippen LogP contribution in [0.15, 0.2) is 113 Å². The van der Waals surface area contributed by atoms with Gasteiger partial charge in [0.1, 0.15) is 11.4 Å². The van der Waals surface area contributed by atoms with Crippen molar-refractivity contribution >= 4 is 45.3 Å². The average molecular weight is 559 g/mol. The molecule has 210 valence electrons. The van der Waals surface area contributed by atoms with E-state index in [2.05, 4.69) is 20.9 Å². The van der Waals surface area contributed by atoms with Gasteiger partial charge in [0.2, 0.25) is 0 Å². The smallest absolute Gasteiger partial charge is 0.259 e. The van der Waals surface area contributed by atoms with Gasteiger partial charge in [-0.1, -0.05) is 67.6 Å². The Bertz CT molecular complexity index is 1770. The zero-order chi connectivity index (χ0) is 29.5. The number of phenolic OH excluding ortho intramolecular Hbond substituents is 1. The van der Waals surface area contributed by atoms with Crippen molar-refractivity contribution in [2.45, 2.75) is 20.3 Å². The van der Waals surface area contributed by atoms with Gasteiger partial charge in [0.25, 0.3) is 11.8 Å². The van der Waals surface area contributed by atoms with Crippen LogP contribution in [0, 0.1) is 0 Å². The van der Waals surface area contributed by atoms with Crippen LogP contribution >= 0.6 is 0 Å². The van der Waals surface area contributed by atoms with E-state index in [1.807, 2.05) is 80.6 Å². The highest BCUT2D eigenvalue weighted by atomic mass is 16.5. The second-order valence-corrected chi connectivity index (χ2v) is 9.45. The van der Waals surface area contributed by atoms with Gasteiger partial charge in [-0.05, 0) is 60.7 Å². The molecule has 0 unspecified atom stereocenters. The fraction of sp³-hybridized carbons (Fsp3) is 0.118. The Kier molecular flexibility index (Phi) is 8.53. The highest BCUT2D eigenvalue weighted by Crippen LogP contribution is 2.41. The summed E-state index contributed by atoms with van der Waals surface area (Å²) in [7, 11) is 0. The minimum Gasteiger partial charge on any atom is -0.505 e. The molecule has 5 rings (SSSR count). The monoisotopic (exact) mass is 558 g/mol. The van der Waals surface area contributed by atoms with E-state index >= 15 is 0 Å². The van der Waals surface area contributed by atoms with E-state index in [4.69, 9.17) is 4.74 Å². The van der Waals surface area contributed by atoms with Crippen molar-refractivity contribution in [3.8, 4) is 11.5 Å². The van der Waals surface area contributed by atoms with Gasteiger partial charge >= 0.3 is 0 Å². The van der Waals surface area contributed by atoms with Crippen LogP contribution in [-0.4, -0.2) is 23.5 Å². The van der Waals surface area contributed by atoms with Gasteiger partial charge < -0.3 is 20.5 Å². The number of aromatic hydroxyl groups is 1. The number of para-hydroxylation sites is 1. The Morgan fingerprint density at radius 2 is 1.48 bits per heavy atom. The van der Waals surface area contributed by atoms with Crippen LogP contribution in [0.1, 0.15) is 40.1 Å². The first-order chi connectivity index (χ1) is 20.5. The molecule has 0 saturated carbocycles. The van der Waals surface area contributed by atoms with Crippen molar-refractivity contribution in [3.63, 3.8) is 0 Å². The Morgan fingerprint density at radius 3 is 2.19 bits per heavy atom. The van der Waals surface area contributed by atoms with Crippen molar-refractivity contribution < 1.29 is 19.4 Å². The molecule has 0 radical (unpaired) electrons. The lowest BCUT2D eigenvalue weighted by Crippen LogP contribution is -2.14. The highest BCUT2D eigenvalue weighted by Gasteiger charge is 2.19. The third-order valence-corrected chi connectivity index (χ3v) is 6.66. The first-order valence-corrected chi connectivity index (χ1v) is 13.7. The number of rotatable bonds is 9. The van der Waals surface area contributed by atoms with Crippen molar-refractivity contribution in [3.05, 3.63) is 120 Å². The number of ether oxygens (including phenoxy) is 1. The Labute approximate surface area is 243 Å². The van der Waals surface area contributed by atoms with Crippen molar-refractivity contribution in [1.29, 1.82) is 0 Å². The third-order valence-electron chi connectivity index (χ3n) is 6.66. The molecule has 0 aliphatic heterocycles. The quantitative estimate of drug-likeness (QED) is 0.158. The van der Waals surface area contributed by atoms with Crippen LogP contribution in [0.2, 0.25) is 0 Å². The van der Waals surface area contributed by atoms with Gasteiger partial charge in [-0.2, -0.15) is 5.11 Å². The first-order valence-electron chi connectivity index (χ1n) is 13.7. The van der Waals surface area contributed by atoms with Crippen LogP contribution in [0.3, 0.4) is 0 Å². The fourth-order valence-corrected chi connectivity index (χ4v) is 4.60. The molecule has 0 aliphatic carbocycles. The molecule has 0 saturated heterocycles. The molecule has 5 aromatic rings. The summed E-state index contributed by atoms with van der Waals surface area (Å²) in [5, 5.41) is 27.2. The van der Waals surface area contributed by atoms with Crippen LogP contribution in [0.25, 0.3) is 10.8 Å². The number of amides is 2. The maximum atomic E-state index is 13.1. The van der Waals surface area contributed by atoms with Gasteiger partial charge in [-0.3, -0.25) is 9.59 Å². The number of nitrogens with one attached hydrogen (secondary N) is 2. The second kappa shape index (κ2) is 12.8. The van der Waals surface area contributed by atoms with E-state index in [0.717, 1.165) is 10.9 Å². The molecule has 0 fully saturated rings. The van der Waals surface area contributed by atoms with E-state index < -0.39 is 5.91 Å². The molecule has 0 spiro atoms. The van der Waals surface area contributed by atoms with Gasteiger partial charge in [0.05, 0.1) is 23.5 Å². The van der Waals surface area contributed by atoms with E-state index in [0.29, 0.717) is 46.8 Å². The number of hydrogen-bond donors (Lipinski definition) is 3. The molecule has 8 heteroatoms. The van der Waals surface area contributed by atoms with Crippen LogP contribution < -0.4 is 15.4 Å². The van der Waals surface area contributed by atoms with Crippen molar-refractivity contribution in [2.24, 2.45) is 10.2 Å². The number of carbonyl (C=O) groups is 2. The number of carbonyl (C=O) groups excluding carboxylic acids is 2. The molecular weight excluding hydrogens is 528 g/mol. The molecule has 0 atom stereocenters. The summed E-state index contributed by atoms with van der Waals surface area (Å²) in [5.41, 5.74) is 3.23. The average Bonchev–Trinajstić information content (AvgIpc) is 3.02. The normalized spacial score (nSPS) is 11.0.